The first-order valence-electron chi connectivity index (χ1n) is 10.1. The molecule has 3 rings (SSSR count). The van der Waals surface area contributed by atoms with Crippen LogP contribution in [0, 0.1) is 6.92 Å². The number of amides is 1. The number of aliphatic hydroxyl groups is 6. The number of carbonyl (C=O) groups is 1. The van der Waals surface area contributed by atoms with Crippen molar-refractivity contribution >= 4 is 38.2 Å². The van der Waals surface area contributed by atoms with Crippen LogP contribution in [-0.2, 0) is 14.8 Å². The van der Waals surface area contributed by atoms with E-state index in [1.807, 2.05) is 6.92 Å². The molecular formula is C20H28N4O9S2. The molecule has 0 radical (unpaired) electrons. The highest BCUT2D eigenvalue weighted by Crippen LogP contribution is 2.34. The molecule has 1 aromatic carbocycles. The predicted octanol–water partition coefficient (Wildman–Crippen LogP) is -1.45. The van der Waals surface area contributed by atoms with Crippen molar-refractivity contribution in [1.82, 2.24) is 14.6 Å². The molecule has 0 fully saturated rings. The van der Waals surface area contributed by atoms with Gasteiger partial charge in [0.25, 0.3) is 15.9 Å². The Balaban J connectivity index is 0.000000307. The molecule has 0 bridgehead atoms. The lowest BCUT2D eigenvalue weighted by molar-refractivity contribution is -0.120. The number of carbonyl (C=O) groups excluding carboxylic acids is 1. The van der Waals surface area contributed by atoms with E-state index in [0.717, 1.165) is 9.18 Å². The van der Waals surface area contributed by atoms with Crippen LogP contribution in [-0.4, -0.2) is 99.5 Å². The number of rotatable bonds is 7. The molecule has 4 atom stereocenters. The molecule has 13 nitrogen and oxygen atoms in total. The Morgan fingerprint density at radius 1 is 1.17 bits per heavy atom. The van der Waals surface area contributed by atoms with Crippen molar-refractivity contribution < 1.29 is 43.9 Å². The Hall–Kier alpha value is -2.63. The zero-order valence-corrected chi connectivity index (χ0v) is 20.7. The number of hydrogen-bond acceptors (Lipinski definition) is 12. The van der Waals surface area contributed by atoms with Gasteiger partial charge in [0, 0.05) is 23.7 Å². The molecular weight excluding hydrogens is 504 g/mol. The second-order valence-electron chi connectivity index (χ2n) is 7.36. The molecule has 2 heterocycles. The third kappa shape index (κ3) is 6.33. The van der Waals surface area contributed by atoms with Crippen molar-refractivity contribution in [2.45, 2.75) is 36.4 Å². The van der Waals surface area contributed by atoms with Crippen molar-refractivity contribution in [3.05, 3.63) is 46.6 Å². The van der Waals surface area contributed by atoms with Crippen LogP contribution in [0.4, 0.5) is 5.13 Å². The second kappa shape index (κ2) is 11.9. The molecule has 1 aliphatic heterocycles. The van der Waals surface area contributed by atoms with E-state index in [4.69, 9.17) is 25.5 Å². The lowest BCUT2D eigenvalue weighted by Crippen LogP contribution is -2.50. The zero-order valence-electron chi connectivity index (χ0n) is 19.0. The summed E-state index contributed by atoms with van der Waals surface area (Å²) in [7, 11) is -1.29. The lowest BCUT2D eigenvalue weighted by atomic mass is 10.1. The molecule has 0 saturated heterocycles. The molecule has 0 saturated carbocycles. The van der Waals surface area contributed by atoms with Crippen molar-refractivity contribution in [2.24, 2.45) is 0 Å². The smallest absolute Gasteiger partial charge is 0.278 e. The van der Waals surface area contributed by atoms with Gasteiger partial charge in [0.1, 0.15) is 24.5 Å². The van der Waals surface area contributed by atoms with Crippen LogP contribution < -0.4 is 10.6 Å². The average Bonchev–Trinajstić information content (AvgIpc) is 3.25. The van der Waals surface area contributed by atoms with Gasteiger partial charge in [0.05, 0.1) is 11.5 Å². The number of anilines is 1. The van der Waals surface area contributed by atoms with Gasteiger partial charge in [-0.25, -0.2) is 13.4 Å². The summed E-state index contributed by atoms with van der Waals surface area (Å²) >= 11 is 1.25. The van der Waals surface area contributed by atoms with Crippen molar-refractivity contribution in [2.75, 3.05) is 26.0 Å². The highest BCUT2D eigenvalue weighted by Gasteiger charge is 2.37. The fraction of sp³-hybridized carbons (Fsp3) is 0.400. The van der Waals surface area contributed by atoms with Crippen LogP contribution in [0.3, 0.4) is 0 Å². The fourth-order valence-corrected chi connectivity index (χ4v) is 5.00. The molecule has 1 aliphatic rings. The molecule has 15 heteroatoms. The van der Waals surface area contributed by atoms with E-state index in [1.165, 1.54) is 37.6 Å². The zero-order chi connectivity index (χ0) is 26.5. The first-order valence-corrected chi connectivity index (χ1v) is 12.4. The average molecular weight is 533 g/mol. The summed E-state index contributed by atoms with van der Waals surface area (Å²) in [6.45, 7) is 1.16. The highest BCUT2D eigenvalue weighted by atomic mass is 32.2. The molecule has 1 aromatic heterocycles. The van der Waals surface area contributed by atoms with Gasteiger partial charge in [-0.1, -0.05) is 12.1 Å². The maximum absolute atomic E-state index is 12.5. The van der Waals surface area contributed by atoms with Gasteiger partial charge in [0.2, 0.25) is 0 Å². The van der Waals surface area contributed by atoms with Crippen molar-refractivity contribution in [3.63, 3.8) is 0 Å². The third-order valence-corrected chi connectivity index (χ3v) is 7.57. The van der Waals surface area contributed by atoms with Crippen LogP contribution in [0.1, 0.15) is 10.4 Å². The summed E-state index contributed by atoms with van der Waals surface area (Å²) in [6.07, 6.45) is -4.30. The summed E-state index contributed by atoms with van der Waals surface area (Å²) in [6, 6.07) is 5.99. The Morgan fingerprint density at radius 3 is 2.34 bits per heavy atom. The number of aromatic nitrogens is 1. The Bertz CT molecular complexity index is 1150. The second-order valence-corrected chi connectivity index (χ2v) is 10.5. The Morgan fingerprint density at radius 2 is 1.80 bits per heavy atom. The highest BCUT2D eigenvalue weighted by molar-refractivity contribution is 7.89. The van der Waals surface area contributed by atoms with Gasteiger partial charge in [-0.05, 0) is 26.1 Å². The van der Waals surface area contributed by atoms with Gasteiger partial charge in [-0.2, -0.15) is 0 Å². The van der Waals surface area contributed by atoms with E-state index < -0.39 is 47.1 Å². The molecule has 0 unspecified atom stereocenters. The topological polar surface area (TPSA) is 213 Å². The number of nitrogens with one attached hydrogen (secondary N) is 2. The molecule has 2 aromatic rings. The number of aryl methyl sites for hydroxylation is 1. The van der Waals surface area contributed by atoms with Gasteiger partial charge >= 0.3 is 0 Å². The maximum Gasteiger partial charge on any atom is 0.278 e. The van der Waals surface area contributed by atoms with Gasteiger partial charge in [-0.3, -0.25) is 19.7 Å². The van der Waals surface area contributed by atoms with Gasteiger partial charge in [0.15, 0.2) is 16.6 Å². The monoisotopic (exact) mass is 532 g/mol. The molecule has 35 heavy (non-hydrogen) atoms. The van der Waals surface area contributed by atoms with Crippen LogP contribution in [0.5, 0.6) is 0 Å². The number of benzene rings is 1. The molecule has 0 aliphatic carbocycles. The largest absolute Gasteiger partial charge is 0.505 e. The normalized spacial score (nSPS) is 18.0. The molecule has 0 spiro atoms. The van der Waals surface area contributed by atoms with Crippen LogP contribution in [0.15, 0.2) is 41.1 Å². The number of aliphatic hydroxyl groups excluding tert-OH is 6. The first kappa shape index (κ1) is 28.6. The quantitative estimate of drug-likeness (QED) is 0.193. The number of thiazole rings is 1. The van der Waals surface area contributed by atoms with Crippen LogP contribution in [0.2, 0.25) is 0 Å². The Kier molecular flexibility index (Phi) is 9.70. The summed E-state index contributed by atoms with van der Waals surface area (Å²) in [5.74, 6) is -1.12. The van der Waals surface area contributed by atoms with E-state index in [-0.39, 0.29) is 21.9 Å². The minimum atomic E-state index is -3.90. The SMILES string of the molecule is CN[C@H](O)[C@@H](O)[C@H](O)[C@H](O)CO.Cc1cnc(NC(=O)C2=C(O)c3ccccc3S(=O)(=O)N2C)s1. The number of likely N-dealkylation sites (N-methyl/N-ethyl adjacent to an activating group) is 2. The summed E-state index contributed by atoms with van der Waals surface area (Å²) in [4.78, 5) is 17.3. The molecule has 8 N–H and O–H groups in total. The Labute approximate surface area is 205 Å². The van der Waals surface area contributed by atoms with Crippen LogP contribution >= 0.6 is 11.3 Å². The van der Waals surface area contributed by atoms with E-state index >= 15 is 0 Å². The fourth-order valence-electron chi connectivity index (χ4n) is 2.94. The summed E-state index contributed by atoms with van der Waals surface area (Å²) in [5.41, 5.74) is -0.234. The van der Waals surface area contributed by atoms with Gasteiger partial charge in [-0.15, -0.1) is 11.3 Å². The predicted molar refractivity (Wildman–Crippen MR) is 127 cm³/mol. The van der Waals surface area contributed by atoms with E-state index in [1.54, 1.807) is 18.3 Å². The minimum absolute atomic E-state index is 0.0401. The standard InChI is InChI=1S/C14H13N3O4S2.C6H15NO5/c1-8-7-15-14(22-8)16-13(19)11-12(18)9-5-3-4-6-10(9)23(20,21)17(11)2;1-7-6(12)5(11)4(10)3(9)2-8/h3-7,18H,1-2H3,(H,15,16,19);3-12H,2H2,1H3/t;3-,4-,5+,6-/m.1/s1. The minimum Gasteiger partial charge on any atom is -0.505 e. The van der Waals surface area contributed by atoms with E-state index in [0.29, 0.717) is 5.13 Å². The third-order valence-electron chi connectivity index (χ3n) is 4.93. The summed E-state index contributed by atoms with van der Waals surface area (Å²) in [5, 5.41) is 59.7. The van der Waals surface area contributed by atoms with Gasteiger partial charge < -0.3 is 30.6 Å². The number of fused-ring (bicyclic) bond motifs is 1. The number of sulfonamides is 1. The lowest BCUT2D eigenvalue weighted by Gasteiger charge is -2.28. The van der Waals surface area contributed by atoms with E-state index in [2.05, 4.69) is 15.6 Å². The number of nitrogens with zero attached hydrogens (tertiary/aromatic N) is 2. The molecule has 1 amide bonds. The van der Waals surface area contributed by atoms with Crippen molar-refractivity contribution in [1.29, 1.82) is 0 Å². The maximum atomic E-state index is 12.5. The van der Waals surface area contributed by atoms with E-state index in [9.17, 15) is 18.3 Å². The first-order chi connectivity index (χ1) is 16.4. The van der Waals surface area contributed by atoms with Crippen LogP contribution in [0.25, 0.3) is 5.76 Å². The molecule has 194 valence electrons. The summed E-state index contributed by atoms with van der Waals surface area (Å²) < 4.78 is 25.8. The van der Waals surface area contributed by atoms with Crippen molar-refractivity contribution in [3.8, 4) is 0 Å². The number of hydrogen-bond donors (Lipinski definition) is 8.